The summed E-state index contributed by atoms with van der Waals surface area (Å²) in [5, 5.41) is 0. The Balaban J connectivity index is 2.94. The minimum Gasteiger partial charge on any atom is -0.255 e. The van der Waals surface area contributed by atoms with Crippen molar-refractivity contribution in [2.45, 2.75) is 26.2 Å². The van der Waals surface area contributed by atoms with E-state index in [1.807, 2.05) is 0 Å². The summed E-state index contributed by atoms with van der Waals surface area (Å²) in [5.74, 6) is 0.586. The number of nitrogens with one attached hydrogen (secondary N) is 1. The molecule has 2 nitrogen and oxygen atoms in total. The first-order chi connectivity index (χ1) is 3.77. The summed E-state index contributed by atoms with van der Waals surface area (Å²) < 4.78 is 16.8. The van der Waals surface area contributed by atoms with Crippen molar-refractivity contribution in [1.82, 2.24) is 0 Å². The maximum atomic E-state index is 10.1. The van der Waals surface area contributed by atoms with E-state index >= 15 is 0 Å². The predicted molar refractivity (Wildman–Crippen MR) is 36.6 cm³/mol. The minimum atomic E-state index is -1.61. The number of hydrogen-bond donors (Lipinski definition) is 2. The van der Waals surface area contributed by atoms with Crippen LogP contribution in [0.15, 0.2) is 0 Å². The smallest absolute Gasteiger partial charge is 0.0330 e. The van der Waals surface area contributed by atoms with Crippen LogP contribution in [0.2, 0.25) is 0 Å². The first kappa shape index (κ1) is 7.95. The number of rotatable bonds is 4. The molecule has 0 aromatic heterocycles. The van der Waals surface area contributed by atoms with Gasteiger partial charge >= 0.3 is 0 Å². The summed E-state index contributed by atoms with van der Waals surface area (Å²) in [6, 6.07) is 0. The van der Waals surface area contributed by atoms with Crippen LogP contribution in [-0.2, 0) is 10.6 Å². The fourth-order valence-corrected chi connectivity index (χ4v) is 1.02. The lowest BCUT2D eigenvalue weighted by molar-refractivity contribution is 0.680. The third kappa shape index (κ3) is 5.95. The predicted octanol–water partition coefficient (Wildman–Crippen LogP) is 1.42. The van der Waals surface area contributed by atoms with Gasteiger partial charge in [-0.05, 0) is 6.42 Å². The van der Waals surface area contributed by atoms with Gasteiger partial charge in [-0.1, -0.05) is 19.8 Å². The van der Waals surface area contributed by atoms with Crippen molar-refractivity contribution in [3.8, 4) is 0 Å². The lowest BCUT2D eigenvalue weighted by Crippen LogP contribution is -1.83. The molecule has 0 aliphatic heterocycles. The molecule has 0 radical (unpaired) electrons. The molecule has 0 aliphatic rings. The normalized spacial score (nSPS) is 13.6. The van der Waals surface area contributed by atoms with Gasteiger partial charge in [-0.2, -0.15) is 0 Å². The molecule has 1 unspecified atom stereocenters. The van der Waals surface area contributed by atoms with E-state index in [1.54, 1.807) is 0 Å². The van der Waals surface area contributed by atoms with Crippen LogP contribution >= 0.6 is 0 Å². The number of hydrogen-bond acceptors (Lipinski definition) is 2. The van der Waals surface area contributed by atoms with Crippen molar-refractivity contribution < 1.29 is 4.21 Å². The minimum absolute atomic E-state index is 0.586. The molecule has 0 heterocycles. The highest BCUT2D eigenvalue weighted by Gasteiger charge is 1.82. The van der Waals surface area contributed by atoms with E-state index in [0.29, 0.717) is 5.75 Å². The fourth-order valence-electron chi connectivity index (χ4n) is 0.505. The summed E-state index contributed by atoms with van der Waals surface area (Å²) in [4.78, 5) is 0. The fraction of sp³-hybridized carbons (Fsp3) is 1.00. The van der Waals surface area contributed by atoms with Gasteiger partial charge in [0.15, 0.2) is 0 Å². The molecule has 0 aliphatic carbocycles. The highest BCUT2D eigenvalue weighted by Crippen LogP contribution is 1.92. The van der Waals surface area contributed by atoms with Crippen LogP contribution in [0.1, 0.15) is 26.2 Å². The van der Waals surface area contributed by atoms with Crippen LogP contribution in [0.3, 0.4) is 0 Å². The molecular formula is C5H13NOS. The molecule has 0 aromatic rings. The summed E-state index contributed by atoms with van der Waals surface area (Å²) in [5.41, 5.74) is 0. The van der Waals surface area contributed by atoms with Gasteiger partial charge in [0.1, 0.15) is 0 Å². The highest BCUT2D eigenvalue weighted by molar-refractivity contribution is 7.73. The first-order valence-corrected chi connectivity index (χ1v) is 4.37. The molecule has 0 spiro atoms. The molecule has 50 valence electrons. The van der Waals surface area contributed by atoms with Gasteiger partial charge in [0, 0.05) is 16.3 Å². The lowest BCUT2D eigenvalue weighted by Gasteiger charge is -1.88. The molecule has 1 atom stereocenters. The van der Waals surface area contributed by atoms with E-state index in [0.717, 1.165) is 19.3 Å². The average Bonchev–Trinajstić information content (AvgIpc) is 1.66. The van der Waals surface area contributed by atoms with Crippen LogP contribution in [0.5, 0.6) is 0 Å². The summed E-state index contributed by atoms with van der Waals surface area (Å²) in [6.45, 7) is 2.09. The SMILES string of the molecule is CCCCC[SH](=N)=O. The van der Waals surface area contributed by atoms with Gasteiger partial charge in [-0.15, -0.1) is 0 Å². The third-order valence-corrected chi connectivity index (χ3v) is 1.69. The summed E-state index contributed by atoms with van der Waals surface area (Å²) in [6.07, 6.45) is 3.21. The maximum Gasteiger partial charge on any atom is 0.0330 e. The van der Waals surface area contributed by atoms with Gasteiger partial charge in [-0.3, -0.25) is 8.99 Å². The van der Waals surface area contributed by atoms with Crippen LogP contribution in [0, 0.1) is 4.78 Å². The second-order valence-corrected chi connectivity index (χ2v) is 3.01. The van der Waals surface area contributed by atoms with E-state index in [9.17, 15) is 4.21 Å². The number of unbranched alkanes of at least 4 members (excludes halogenated alkanes) is 2. The Morgan fingerprint density at radius 2 is 2.12 bits per heavy atom. The van der Waals surface area contributed by atoms with Gasteiger partial charge in [-0.25, -0.2) is 0 Å². The Morgan fingerprint density at radius 3 is 2.50 bits per heavy atom. The van der Waals surface area contributed by atoms with E-state index in [2.05, 4.69) is 6.92 Å². The van der Waals surface area contributed by atoms with E-state index in [-0.39, 0.29) is 0 Å². The van der Waals surface area contributed by atoms with Gasteiger partial charge in [0.2, 0.25) is 0 Å². The van der Waals surface area contributed by atoms with Gasteiger partial charge in [0.05, 0.1) is 0 Å². The molecule has 0 fully saturated rings. The van der Waals surface area contributed by atoms with Crippen molar-refractivity contribution in [3.05, 3.63) is 0 Å². The van der Waals surface area contributed by atoms with Crippen molar-refractivity contribution in [1.29, 1.82) is 4.78 Å². The van der Waals surface area contributed by atoms with E-state index in [4.69, 9.17) is 4.78 Å². The Kier molecular flexibility index (Phi) is 5.06. The second kappa shape index (κ2) is 5.09. The van der Waals surface area contributed by atoms with Crippen molar-refractivity contribution >= 4 is 10.6 Å². The van der Waals surface area contributed by atoms with Crippen molar-refractivity contribution in [2.75, 3.05) is 5.75 Å². The third-order valence-electron chi connectivity index (χ3n) is 0.965. The molecule has 3 heteroatoms. The molecule has 0 amide bonds. The molecular weight excluding hydrogens is 122 g/mol. The monoisotopic (exact) mass is 135 g/mol. The number of thiol groups is 1. The Morgan fingerprint density at radius 1 is 1.50 bits per heavy atom. The zero-order chi connectivity index (χ0) is 6.41. The van der Waals surface area contributed by atoms with Crippen molar-refractivity contribution in [2.24, 2.45) is 0 Å². The van der Waals surface area contributed by atoms with E-state index < -0.39 is 10.6 Å². The zero-order valence-electron chi connectivity index (χ0n) is 5.18. The lowest BCUT2D eigenvalue weighted by atomic mass is 10.3. The molecule has 0 aromatic carbocycles. The van der Waals surface area contributed by atoms with Crippen LogP contribution in [0.4, 0.5) is 0 Å². The second-order valence-electron chi connectivity index (χ2n) is 1.81. The molecule has 0 rings (SSSR count). The molecule has 8 heavy (non-hydrogen) atoms. The van der Waals surface area contributed by atoms with Gasteiger partial charge < -0.3 is 0 Å². The van der Waals surface area contributed by atoms with Crippen LogP contribution in [0.25, 0.3) is 0 Å². The van der Waals surface area contributed by atoms with Crippen LogP contribution in [-0.4, -0.2) is 9.96 Å². The van der Waals surface area contributed by atoms with Crippen molar-refractivity contribution in [3.63, 3.8) is 0 Å². The average molecular weight is 135 g/mol. The quantitative estimate of drug-likeness (QED) is 0.444. The first-order valence-electron chi connectivity index (χ1n) is 2.93. The molecule has 0 saturated heterocycles. The topological polar surface area (TPSA) is 40.9 Å². The zero-order valence-corrected chi connectivity index (χ0v) is 6.08. The largest absolute Gasteiger partial charge is 0.255 e. The standard InChI is InChI=1S/C5H13NOS/c1-2-3-4-5-8(6)7/h6,8H,2-5H2,1H3. The van der Waals surface area contributed by atoms with E-state index in [1.165, 1.54) is 0 Å². The molecule has 1 N–H and O–H groups in total. The van der Waals surface area contributed by atoms with Gasteiger partial charge in [0.25, 0.3) is 0 Å². The Labute approximate surface area is 52.3 Å². The van der Waals surface area contributed by atoms with Crippen LogP contribution < -0.4 is 0 Å². The summed E-state index contributed by atoms with van der Waals surface area (Å²) in [7, 11) is -1.61. The Hall–Kier alpha value is -0.0500. The molecule has 0 saturated carbocycles. The maximum absolute atomic E-state index is 10.1. The summed E-state index contributed by atoms with van der Waals surface area (Å²) >= 11 is 0. The highest BCUT2D eigenvalue weighted by atomic mass is 32.2. The Bertz CT molecular complexity index is 101. The molecule has 0 bridgehead atoms.